The Hall–Kier alpha value is -2.40. The zero-order valence-electron chi connectivity index (χ0n) is 13.7. The standard InChI is InChI=1S/C19H22N4O/c1-5-17(14-18(6-1)23-10-3-8-21-23)19-20-9-12-22(19)11-7-16-4-2-13-24-15-16/h1,3,5-6,8-10,12,14,16H,2,4,7,11,13,15H2. The van der Waals surface area contributed by atoms with Crippen molar-refractivity contribution < 1.29 is 4.74 Å². The monoisotopic (exact) mass is 322 g/mol. The van der Waals surface area contributed by atoms with Crippen molar-refractivity contribution in [1.29, 1.82) is 0 Å². The van der Waals surface area contributed by atoms with E-state index in [1.807, 2.05) is 23.1 Å². The third kappa shape index (κ3) is 3.26. The molecule has 124 valence electrons. The number of nitrogens with zero attached hydrogens (tertiary/aromatic N) is 4. The summed E-state index contributed by atoms with van der Waals surface area (Å²) < 4.78 is 9.71. The Balaban J connectivity index is 1.52. The maximum absolute atomic E-state index is 5.59. The molecule has 1 fully saturated rings. The van der Waals surface area contributed by atoms with Crippen molar-refractivity contribution in [1.82, 2.24) is 19.3 Å². The van der Waals surface area contributed by atoms with Gasteiger partial charge in [0.05, 0.1) is 5.69 Å². The minimum absolute atomic E-state index is 0.671. The summed E-state index contributed by atoms with van der Waals surface area (Å²) in [7, 11) is 0. The van der Waals surface area contributed by atoms with Crippen LogP contribution in [0, 0.1) is 5.92 Å². The first-order valence-electron chi connectivity index (χ1n) is 8.59. The highest BCUT2D eigenvalue weighted by molar-refractivity contribution is 5.59. The van der Waals surface area contributed by atoms with Gasteiger partial charge in [-0.2, -0.15) is 5.10 Å². The molecule has 24 heavy (non-hydrogen) atoms. The minimum Gasteiger partial charge on any atom is -0.381 e. The second-order valence-corrected chi connectivity index (χ2v) is 6.32. The summed E-state index contributed by atoms with van der Waals surface area (Å²) in [6.07, 6.45) is 11.3. The molecule has 0 saturated carbocycles. The van der Waals surface area contributed by atoms with Crippen LogP contribution in [0.25, 0.3) is 17.1 Å². The maximum Gasteiger partial charge on any atom is 0.139 e. The van der Waals surface area contributed by atoms with Gasteiger partial charge < -0.3 is 9.30 Å². The minimum atomic E-state index is 0.671. The molecule has 1 unspecified atom stereocenters. The lowest BCUT2D eigenvalue weighted by atomic mass is 9.98. The van der Waals surface area contributed by atoms with Gasteiger partial charge in [0, 0.05) is 50.1 Å². The Morgan fingerprint density at radius 2 is 2.17 bits per heavy atom. The van der Waals surface area contributed by atoms with E-state index in [4.69, 9.17) is 4.74 Å². The van der Waals surface area contributed by atoms with Gasteiger partial charge in [-0.1, -0.05) is 12.1 Å². The normalized spacial score (nSPS) is 17.9. The van der Waals surface area contributed by atoms with E-state index >= 15 is 0 Å². The first-order chi connectivity index (χ1) is 11.9. The Morgan fingerprint density at radius 1 is 1.17 bits per heavy atom. The lowest BCUT2D eigenvalue weighted by Crippen LogP contribution is -2.19. The second kappa shape index (κ2) is 7.01. The van der Waals surface area contributed by atoms with Crippen molar-refractivity contribution in [3.8, 4) is 17.1 Å². The zero-order chi connectivity index (χ0) is 16.2. The number of imidazole rings is 1. The number of aryl methyl sites for hydroxylation is 1. The van der Waals surface area contributed by atoms with E-state index in [-0.39, 0.29) is 0 Å². The van der Waals surface area contributed by atoms with Gasteiger partial charge in [-0.15, -0.1) is 0 Å². The molecular weight excluding hydrogens is 300 g/mol. The molecule has 1 aromatic carbocycles. The number of aromatic nitrogens is 4. The second-order valence-electron chi connectivity index (χ2n) is 6.32. The molecule has 0 spiro atoms. The van der Waals surface area contributed by atoms with Crippen molar-refractivity contribution in [3.63, 3.8) is 0 Å². The molecule has 4 rings (SSSR count). The van der Waals surface area contributed by atoms with Crippen molar-refractivity contribution in [3.05, 3.63) is 55.1 Å². The summed E-state index contributed by atoms with van der Waals surface area (Å²) in [6, 6.07) is 10.3. The van der Waals surface area contributed by atoms with Crippen molar-refractivity contribution in [2.45, 2.75) is 25.8 Å². The third-order valence-electron chi connectivity index (χ3n) is 4.62. The zero-order valence-corrected chi connectivity index (χ0v) is 13.7. The highest BCUT2D eigenvalue weighted by atomic mass is 16.5. The van der Waals surface area contributed by atoms with Crippen LogP contribution in [0.4, 0.5) is 0 Å². The average Bonchev–Trinajstić information content (AvgIpc) is 3.33. The topological polar surface area (TPSA) is 44.9 Å². The fourth-order valence-electron chi connectivity index (χ4n) is 3.32. The summed E-state index contributed by atoms with van der Waals surface area (Å²) in [4.78, 5) is 4.57. The third-order valence-corrected chi connectivity index (χ3v) is 4.62. The van der Waals surface area contributed by atoms with Gasteiger partial charge in [0.15, 0.2) is 0 Å². The number of hydrogen-bond donors (Lipinski definition) is 0. The summed E-state index contributed by atoms with van der Waals surface area (Å²) in [6.45, 7) is 2.81. The predicted octanol–water partition coefficient (Wildman–Crippen LogP) is 3.55. The smallest absolute Gasteiger partial charge is 0.139 e. The summed E-state index contributed by atoms with van der Waals surface area (Å²) in [5.41, 5.74) is 2.17. The van der Waals surface area contributed by atoms with Crippen LogP contribution in [0.5, 0.6) is 0 Å². The average molecular weight is 322 g/mol. The lowest BCUT2D eigenvalue weighted by Gasteiger charge is -2.22. The van der Waals surface area contributed by atoms with E-state index in [9.17, 15) is 0 Å². The van der Waals surface area contributed by atoms with Crippen LogP contribution in [0.2, 0.25) is 0 Å². The van der Waals surface area contributed by atoms with Crippen LogP contribution in [0.3, 0.4) is 0 Å². The van der Waals surface area contributed by atoms with Crippen LogP contribution in [0.1, 0.15) is 19.3 Å². The van der Waals surface area contributed by atoms with E-state index in [0.717, 1.165) is 43.3 Å². The fraction of sp³-hybridized carbons (Fsp3) is 0.368. The van der Waals surface area contributed by atoms with Crippen molar-refractivity contribution in [2.24, 2.45) is 5.92 Å². The molecule has 1 atom stereocenters. The molecule has 0 amide bonds. The summed E-state index contributed by atoms with van der Waals surface area (Å²) in [5.74, 6) is 1.69. The van der Waals surface area contributed by atoms with Crippen LogP contribution >= 0.6 is 0 Å². The van der Waals surface area contributed by atoms with Crippen molar-refractivity contribution >= 4 is 0 Å². The molecule has 1 aliphatic heterocycles. The molecule has 3 aromatic rings. The Labute approximate surface area is 141 Å². The van der Waals surface area contributed by atoms with Crippen LogP contribution < -0.4 is 0 Å². The molecule has 5 heteroatoms. The Bertz CT molecular complexity index is 772. The largest absolute Gasteiger partial charge is 0.381 e. The van der Waals surface area contributed by atoms with Crippen molar-refractivity contribution in [2.75, 3.05) is 13.2 Å². The molecule has 0 N–H and O–H groups in total. The molecule has 1 aliphatic rings. The van der Waals surface area contributed by atoms with Gasteiger partial charge in [0.25, 0.3) is 0 Å². The molecule has 0 aliphatic carbocycles. The number of rotatable bonds is 5. The molecule has 5 nitrogen and oxygen atoms in total. The molecule has 0 bridgehead atoms. The fourth-order valence-corrected chi connectivity index (χ4v) is 3.32. The summed E-state index contributed by atoms with van der Waals surface area (Å²) in [5, 5.41) is 4.30. The Kier molecular flexibility index (Phi) is 4.42. The highest BCUT2D eigenvalue weighted by Gasteiger charge is 2.15. The predicted molar refractivity (Wildman–Crippen MR) is 92.9 cm³/mol. The molecule has 3 heterocycles. The van der Waals surface area contributed by atoms with Crippen LogP contribution in [-0.4, -0.2) is 32.5 Å². The molecule has 1 saturated heterocycles. The number of hydrogen-bond acceptors (Lipinski definition) is 3. The van der Waals surface area contributed by atoms with Gasteiger partial charge in [-0.25, -0.2) is 9.67 Å². The number of ether oxygens (including phenoxy) is 1. The van der Waals surface area contributed by atoms with E-state index in [0.29, 0.717) is 5.92 Å². The van der Waals surface area contributed by atoms with E-state index in [1.54, 1.807) is 6.20 Å². The molecule has 2 aromatic heterocycles. The van der Waals surface area contributed by atoms with E-state index in [2.05, 4.69) is 45.1 Å². The highest BCUT2D eigenvalue weighted by Crippen LogP contribution is 2.23. The quantitative estimate of drug-likeness (QED) is 0.721. The maximum atomic E-state index is 5.59. The van der Waals surface area contributed by atoms with Gasteiger partial charge in [-0.3, -0.25) is 0 Å². The molecule has 0 radical (unpaired) electrons. The SMILES string of the molecule is c1cc(-c2nccn2CCC2CCCOC2)cc(-n2cccn2)c1. The molecular formula is C19H22N4O. The van der Waals surface area contributed by atoms with Gasteiger partial charge >= 0.3 is 0 Å². The van der Waals surface area contributed by atoms with Crippen LogP contribution in [-0.2, 0) is 11.3 Å². The Morgan fingerprint density at radius 3 is 3.00 bits per heavy atom. The van der Waals surface area contributed by atoms with Gasteiger partial charge in [0.1, 0.15) is 5.82 Å². The van der Waals surface area contributed by atoms with Gasteiger partial charge in [-0.05, 0) is 43.4 Å². The summed E-state index contributed by atoms with van der Waals surface area (Å²) >= 11 is 0. The van der Waals surface area contributed by atoms with E-state index < -0.39 is 0 Å². The van der Waals surface area contributed by atoms with Crippen LogP contribution in [0.15, 0.2) is 55.1 Å². The first kappa shape index (κ1) is 15.1. The number of benzene rings is 1. The first-order valence-corrected chi connectivity index (χ1v) is 8.59. The van der Waals surface area contributed by atoms with Gasteiger partial charge in [0.2, 0.25) is 0 Å². The lowest BCUT2D eigenvalue weighted by molar-refractivity contribution is 0.0501. The van der Waals surface area contributed by atoms with E-state index in [1.165, 1.54) is 12.8 Å².